The minimum Gasteiger partial charge on any atom is -0.478 e. The van der Waals surface area contributed by atoms with Crippen LogP contribution in [0.15, 0.2) is 60.7 Å². The van der Waals surface area contributed by atoms with E-state index in [4.69, 9.17) is 4.74 Å². The fourth-order valence-corrected chi connectivity index (χ4v) is 4.67. The highest BCUT2D eigenvalue weighted by Crippen LogP contribution is 2.44. The van der Waals surface area contributed by atoms with Crippen LogP contribution in [0.5, 0.6) is 0 Å². The Kier molecular flexibility index (Phi) is 4.70. The third-order valence-corrected chi connectivity index (χ3v) is 6.17. The average Bonchev–Trinajstić information content (AvgIpc) is 3.10. The molecule has 0 unspecified atom stereocenters. The molecule has 0 atom stereocenters. The van der Waals surface area contributed by atoms with Gasteiger partial charge in [-0.2, -0.15) is 0 Å². The second-order valence-electron chi connectivity index (χ2n) is 7.84. The summed E-state index contributed by atoms with van der Waals surface area (Å²) in [7, 11) is 0. The molecule has 1 aliphatic carbocycles. The van der Waals surface area contributed by atoms with Gasteiger partial charge >= 0.3 is 12.1 Å². The third kappa shape index (κ3) is 3.24. The van der Waals surface area contributed by atoms with Crippen LogP contribution in [0.4, 0.5) is 9.18 Å². The second-order valence-corrected chi connectivity index (χ2v) is 7.84. The van der Waals surface area contributed by atoms with E-state index >= 15 is 0 Å². The summed E-state index contributed by atoms with van der Waals surface area (Å²) in [4.78, 5) is 25.8. The Balaban J connectivity index is 1.35. The number of rotatable bonds is 3. The Morgan fingerprint density at radius 3 is 2.29 bits per heavy atom. The summed E-state index contributed by atoms with van der Waals surface area (Å²) in [6.45, 7) is 0.602. The first kappa shape index (κ1) is 19.3. The molecule has 6 heteroatoms. The molecule has 5 nitrogen and oxygen atoms in total. The molecule has 1 N–H and O–H groups in total. The van der Waals surface area contributed by atoms with Crippen molar-refractivity contribution in [2.24, 2.45) is 0 Å². The lowest BCUT2D eigenvalue weighted by Crippen LogP contribution is -2.38. The number of hydrogen-bond donors (Lipinski definition) is 1. The maximum atomic E-state index is 14.1. The van der Waals surface area contributed by atoms with Gasteiger partial charge in [0, 0.05) is 12.5 Å². The van der Waals surface area contributed by atoms with E-state index in [9.17, 15) is 19.1 Å². The van der Waals surface area contributed by atoms with Crippen molar-refractivity contribution in [3.05, 3.63) is 94.3 Å². The quantitative estimate of drug-likeness (QED) is 0.663. The van der Waals surface area contributed by atoms with E-state index < -0.39 is 17.9 Å². The van der Waals surface area contributed by atoms with Crippen molar-refractivity contribution in [2.75, 3.05) is 13.2 Å². The van der Waals surface area contributed by atoms with Crippen LogP contribution >= 0.6 is 0 Å². The minimum atomic E-state index is -1.33. The number of carbonyl (C=O) groups is 2. The second kappa shape index (κ2) is 7.54. The van der Waals surface area contributed by atoms with Crippen LogP contribution in [-0.2, 0) is 17.7 Å². The van der Waals surface area contributed by atoms with Crippen molar-refractivity contribution in [3.63, 3.8) is 0 Å². The topological polar surface area (TPSA) is 66.8 Å². The van der Waals surface area contributed by atoms with E-state index in [1.54, 1.807) is 6.07 Å². The number of fused-ring (bicyclic) bond motifs is 4. The van der Waals surface area contributed by atoms with E-state index in [1.807, 2.05) is 36.4 Å². The van der Waals surface area contributed by atoms with Crippen molar-refractivity contribution >= 4 is 12.1 Å². The highest BCUT2D eigenvalue weighted by molar-refractivity contribution is 5.90. The van der Waals surface area contributed by atoms with Crippen LogP contribution in [0.25, 0.3) is 11.1 Å². The van der Waals surface area contributed by atoms with Crippen LogP contribution in [-0.4, -0.2) is 35.2 Å². The number of amides is 1. The lowest BCUT2D eigenvalue weighted by molar-refractivity contribution is 0.0683. The summed E-state index contributed by atoms with van der Waals surface area (Å²) in [6.07, 6.45) is -0.0618. The largest absolute Gasteiger partial charge is 0.478 e. The van der Waals surface area contributed by atoms with Crippen LogP contribution < -0.4 is 0 Å². The van der Waals surface area contributed by atoms with E-state index in [-0.39, 0.29) is 24.6 Å². The van der Waals surface area contributed by atoms with Gasteiger partial charge in [-0.1, -0.05) is 54.6 Å². The molecule has 31 heavy (non-hydrogen) atoms. The van der Waals surface area contributed by atoms with Crippen molar-refractivity contribution in [3.8, 4) is 11.1 Å². The highest BCUT2D eigenvalue weighted by Gasteiger charge is 2.31. The first-order valence-electron chi connectivity index (χ1n) is 10.2. The number of aromatic carboxylic acids is 1. The Morgan fingerprint density at radius 1 is 1.00 bits per heavy atom. The van der Waals surface area contributed by atoms with Gasteiger partial charge in [0.05, 0.1) is 6.54 Å². The zero-order chi connectivity index (χ0) is 21.5. The molecule has 0 radical (unpaired) electrons. The fourth-order valence-electron chi connectivity index (χ4n) is 4.67. The Hall–Kier alpha value is -3.67. The molecular weight excluding hydrogens is 397 g/mol. The molecule has 2 aliphatic rings. The van der Waals surface area contributed by atoms with E-state index in [1.165, 1.54) is 11.0 Å². The molecular formula is C25H20FNO4. The van der Waals surface area contributed by atoms with E-state index in [0.717, 1.165) is 27.8 Å². The lowest BCUT2D eigenvalue weighted by atomic mass is 9.94. The highest BCUT2D eigenvalue weighted by atomic mass is 19.1. The van der Waals surface area contributed by atoms with Crippen molar-refractivity contribution < 1.29 is 23.8 Å². The summed E-state index contributed by atoms with van der Waals surface area (Å²) in [5.74, 6) is -2.18. The fraction of sp³-hybridized carbons (Fsp3) is 0.200. The van der Waals surface area contributed by atoms with Crippen LogP contribution in [0.2, 0.25) is 0 Å². The van der Waals surface area contributed by atoms with Gasteiger partial charge in [-0.25, -0.2) is 14.0 Å². The Labute approximate surface area is 178 Å². The third-order valence-electron chi connectivity index (χ3n) is 6.17. The van der Waals surface area contributed by atoms with Gasteiger partial charge in [0.2, 0.25) is 0 Å². The average molecular weight is 417 g/mol. The molecule has 0 saturated carbocycles. The normalized spacial score (nSPS) is 14.5. The van der Waals surface area contributed by atoms with Gasteiger partial charge in [0.1, 0.15) is 18.0 Å². The van der Waals surface area contributed by atoms with Gasteiger partial charge in [-0.15, -0.1) is 0 Å². The molecule has 1 heterocycles. The summed E-state index contributed by atoms with van der Waals surface area (Å²) >= 11 is 0. The predicted molar refractivity (Wildman–Crippen MR) is 113 cm³/mol. The van der Waals surface area contributed by atoms with Gasteiger partial charge in [0.25, 0.3) is 0 Å². The Bertz CT molecular complexity index is 1160. The van der Waals surface area contributed by atoms with Gasteiger partial charge in [-0.3, -0.25) is 0 Å². The van der Waals surface area contributed by atoms with Gasteiger partial charge in [0.15, 0.2) is 0 Å². The minimum absolute atomic E-state index is 0.0192. The number of halogens is 1. The predicted octanol–water partition coefficient (Wildman–Crippen LogP) is 4.83. The molecule has 156 valence electrons. The maximum absolute atomic E-state index is 14.1. The number of hydrogen-bond acceptors (Lipinski definition) is 3. The molecule has 3 aromatic rings. The molecule has 0 fully saturated rings. The van der Waals surface area contributed by atoms with E-state index in [0.29, 0.717) is 18.5 Å². The molecule has 1 aliphatic heterocycles. The zero-order valence-corrected chi connectivity index (χ0v) is 16.7. The van der Waals surface area contributed by atoms with Crippen LogP contribution in [0, 0.1) is 5.82 Å². The number of benzene rings is 3. The monoisotopic (exact) mass is 417 g/mol. The first-order valence-corrected chi connectivity index (χ1v) is 10.2. The standard InChI is InChI=1S/C25H20FNO4/c26-22-10-9-15-11-12-27(13-20(15)23(22)24(28)29)25(30)31-14-21-18-7-3-1-5-16(18)17-6-2-4-8-19(17)21/h1-10,21H,11-14H2,(H,28,29). The summed E-state index contributed by atoms with van der Waals surface area (Å²) in [6, 6.07) is 18.9. The Morgan fingerprint density at radius 2 is 1.65 bits per heavy atom. The number of ether oxygens (including phenoxy) is 1. The SMILES string of the molecule is O=C(O)c1c(F)ccc2c1CN(C(=O)OCC1c3ccccc3-c3ccccc31)CC2. The van der Waals surface area contributed by atoms with Gasteiger partial charge < -0.3 is 14.7 Å². The summed E-state index contributed by atoms with van der Waals surface area (Å²) in [5, 5.41) is 9.40. The van der Waals surface area contributed by atoms with Crippen LogP contribution in [0.1, 0.15) is 38.5 Å². The van der Waals surface area contributed by atoms with E-state index in [2.05, 4.69) is 12.1 Å². The smallest absolute Gasteiger partial charge is 0.410 e. The summed E-state index contributed by atoms with van der Waals surface area (Å²) in [5.41, 5.74) is 5.26. The molecule has 0 aromatic heterocycles. The maximum Gasteiger partial charge on any atom is 0.410 e. The number of nitrogens with zero attached hydrogens (tertiary/aromatic N) is 1. The number of carboxylic acid groups (broad SMARTS) is 1. The van der Waals surface area contributed by atoms with Gasteiger partial charge in [-0.05, 0) is 45.9 Å². The molecule has 0 spiro atoms. The molecule has 1 amide bonds. The lowest BCUT2D eigenvalue weighted by Gasteiger charge is -2.29. The van der Waals surface area contributed by atoms with Crippen molar-refractivity contribution in [2.45, 2.75) is 18.9 Å². The zero-order valence-electron chi connectivity index (χ0n) is 16.7. The number of carboxylic acids is 1. The molecule has 5 rings (SSSR count). The van der Waals surface area contributed by atoms with Crippen LogP contribution in [0.3, 0.4) is 0 Å². The van der Waals surface area contributed by atoms with Crippen molar-refractivity contribution in [1.82, 2.24) is 4.90 Å². The molecule has 0 saturated heterocycles. The number of carbonyl (C=O) groups excluding carboxylic acids is 1. The summed E-state index contributed by atoms with van der Waals surface area (Å²) < 4.78 is 19.7. The van der Waals surface area contributed by atoms with Crippen molar-refractivity contribution in [1.29, 1.82) is 0 Å². The first-order chi connectivity index (χ1) is 15.0. The molecule has 0 bridgehead atoms. The molecule has 3 aromatic carbocycles.